The Hall–Kier alpha value is -0.760. The second-order valence-electron chi connectivity index (χ2n) is 2.48. The summed E-state index contributed by atoms with van der Waals surface area (Å²) >= 11 is 1.73. The molecule has 0 aromatic heterocycles. The van der Waals surface area contributed by atoms with E-state index in [9.17, 15) is 0 Å². The van der Waals surface area contributed by atoms with E-state index in [2.05, 4.69) is 35.5 Å². The molecule has 0 saturated heterocycles. The van der Waals surface area contributed by atoms with E-state index in [4.69, 9.17) is 0 Å². The molecule has 0 fully saturated rings. The number of aliphatic imine (C=N–C) groups is 1. The number of benzene rings is 1. The first-order valence-corrected chi connectivity index (χ1v) is 4.81. The summed E-state index contributed by atoms with van der Waals surface area (Å²) in [5, 5.41) is 1.18. The van der Waals surface area contributed by atoms with Crippen LogP contribution in [0.4, 0.5) is 0 Å². The predicted molar refractivity (Wildman–Crippen MR) is 50.2 cm³/mol. The van der Waals surface area contributed by atoms with Gasteiger partial charge in [0.15, 0.2) is 0 Å². The second-order valence-corrected chi connectivity index (χ2v) is 3.28. The fourth-order valence-electron chi connectivity index (χ4n) is 1.28. The van der Waals surface area contributed by atoms with Crippen molar-refractivity contribution in [1.82, 2.24) is 0 Å². The molecule has 2 heteroatoms. The van der Waals surface area contributed by atoms with Crippen LogP contribution in [-0.4, -0.2) is 11.3 Å². The van der Waals surface area contributed by atoms with Crippen LogP contribution in [0, 0.1) is 0 Å². The first kappa shape index (κ1) is 6.92. The van der Waals surface area contributed by atoms with Crippen LogP contribution < -0.4 is 0 Å². The minimum absolute atomic E-state index is 0.867. The average Bonchev–Trinajstić information content (AvgIpc) is 2.47. The molecule has 0 aliphatic carbocycles. The van der Waals surface area contributed by atoms with E-state index in [1.807, 2.05) is 0 Å². The van der Waals surface area contributed by atoms with Crippen LogP contribution in [0.15, 0.2) is 29.3 Å². The Morgan fingerprint density at radius 3 is 3.00 bits per heavy atom. The van der Waals surface area contributed by atoms with E-state index >= 15 is 0 Å². The van der Waals surface area contributed by atoms with Crippen molar-refractivity contribution in [2.45, 2.75) is 6.54 Å². The second kappa shape index (κ2) is 2.70. The van der Waals surface area contributed by atoms with Gasteiger partial charge in [0, 0.05) is 5.56 Å². The molecule has 1 aliphatic heterocycles. The molecule has 0 bridgehead atoms. The number of thioether (sulfide) groups is 1. The Bertz CT molecular complexity index is 304. The van der Waals surface area contributed by atoms with Crippen molar-refractivity contribution >= 4 is 16.8 Å². The van der Waals surface area contributed by atoms with Crippen molar-refractivity contribution in [1.29, 1.82) is 0 Å². The molecule has 0 saturated carbocycles. The molecule has 1 aliphatic rings. The summed E-state index contributed by atoms with van der Waals surface area (Å²) in [7, 11) is 0. The lowest BCUT2D eigenvalue weighted by molar-refractivity contribution is 1.11. The van der Waals surface area contributed by atoms with Gasteiger partial charge in [-0.05, 0) is 11.8 Å². The van der Waals surface area contributed by atoms with Crippen molar-refractivity contribution in [3.8, 4) is 0 Å². The van der Waals surface area contributed by atoms with E-state index in [-0.39, 0.29) is 0 Å². The van der Waals surface area contributed by atoms with Crippen LogP contribution in [0.5, 0.6) is 0 Å². The highest BCUT2D eigenvalue weighted by Crippen LogP contribution is 2.22. The minimum atomic E-state index is 0.867. The maximum atomic E-state index is 4.40. The zero-order valence-corrected chi connectivity index (χ0v) is 7.19. The summed E-state index contributed by atoms with van der Waals surface area (Å²) in [5.41, 5.74) is 2.68. The molecule has 0 N–H and O–H groups in total. The Labute approximate surface area is 70.5 Å². The third-order valence-electron chi connectivity index (χ3n) is 1.83. The minimum Gasteiger partial charge on any atom is -0.273 e. The van der Waals surface area contributed by atoms with E-state index in [0.717, 1.165) is 6.54 Å². The lowest BCUT2D eigenvalue weighted by Gasteiger charge is -1.97. The van der Waals surface area contributed by atoms with E-state index in [0.29, 0.717) is 0 Å². The van der Waals surface area contributed by atoms with Crippen LogP contribution in [0.25, 0.3) is 0 Å². The molecule has 0 atom stereocenters. The van der Waals surface area contributed by atoms with Crippen LogP contribution in [0.3, 0.4) is 0 Å². The van der Waals surface area contributed by atoms with Gasteiger partial charge in [0.05, 0.1) is 11.6 Å². The van der Waals surface area contributed by atoms with Gasteiger partial charge in [-0.2, -0.15) is 0 Å². The highest BCUT2D eigenvalue weighted by Gasteiger charge is 2.12. The Morgan fingerprint density at radius 2 is 2.18 bits per heavy atom. The summed E-state index contributed by atoms with van der Waals surface area (Å²) in [5.74, 6) is 0. The quantitative estimate of drug-likeness (QED) is 0.571. The number of nitrogens with zero attached hydrogens (tertiary/aromatic N) is 1. The zero-order chi connectivity index (χ0) is 7.68. The number of hydrogen-bond donors (Lipinski definition) is 0. The number of fused-ring (bicyclic) bond motifs is 1. The van der Waals surface area contributed by atoms with Gasteiger partial charge in [-0.25, -0.2) is 0 Å². The molecule has 56 valence electrons. The Kier molecular flexibility index (Phi) is 1.70. The van der Waals surface area contributed by atoms with Crippen molar-refractivity contribution in [3.05, 3.63) is 35.4 Å². The maximum absolute atomic E-state index is 4.40. The lowest BCUT2D eigenvalue weighted by Crippen LogP contribution is -1.90. The Balaban J connectivity index is 2.48. The summed E-state index contributed by atoms with van der Waals surface area (Å²) in [4.78, 5) is 4.40. The average molecular weight is 163 g/mol. The van der Waals surface area contributed by atoms with Crippen LogP contribution in [0.2, 0.25) is 0 Å². The molecule has 0 spiro atoms. The highest BCUT2D eigenvalue weighted by molar-refractivity contribution is 8.13. The summed E-state index contributed by atoms with van der Waals surface area (Å²) in [6, 6.07) is 8.41. The predicted octanol–water partition coefficient (Wildman–Crippen LogP) is 2.31. The largest absolute Gasteiger partial charge is 0.273 e. The third kappa shape index (κ3) is 1.07. The highest BCUT2D eigenvalue weighted by atomic mass is 32.2. The zero-order valence-electron chi connectivity index (χ0n) is 6.37. The van der Waals surface area contributed by atoms with E-state index in [1.165, 1.54) is 16.2 Å². The third-order valence-corrected chi connectivity index (χ3v) is 2.57. The fourth-order valence-corrected chi connectivity index (χ4v) is 1.90. The lowest BCUT2D eigenvalue weighted by atomic mass is 10.1. The van der Waals surface area contributed by atoms with Gasteiger partial charge in [-0.15, -0.1) is 11.8 Å². The van der Waals surface area contributed by atoms with Gasteiger partial charge >= 0.3 is 0 Å². The molecule has 1 aromatic carbocycles. The topological polar surface area (TPSA) is 12.4 Å². The summed E-state index contributed by atoms with van der Waals surface area (Å²) < 4.78 is 0. The molecular weight excluding hydrogens is 154 g/mol. The van der Waals surface area contributed by atoms with Crippen LogP contribution in [0.1, 0.15) is 11.1 Å². The maximum Gasteiger partial charge on any atom is 0.0981 e. The summed E-state index contributed by atoms with van der Waals surface area (Å²) in [6.07, 6.45) is 2.07. The first-order chi connectivity index (χ1) is 5.42. The van der Waals surface area contributed by atoms with Crippen molar-refractivity contribution < 1.29 is 0 Å². The number of hydrogen-bond acceptors (Lipinski definition) is 2. The van der Waals surface area contributed by atoms with Gasteiger partial charge < -0.3 is 0 Å². The van der Waals surface area contributed by atoms with Gasteiger partial charge in [0.2, 0.25) is 0 Å². The fraction of sp³-hybridized carbons (Fsp3) is 0.222. The standard InChI is InChI=1S/C9H9NS/c1-11-9-8-5-3-2-4-7(8)6-10-9/h2-5H,6H2,1H3. The molecule has 0 radical (unpaired) electrons. The van der Waals surface area contributed by atoms with Crippen molar-refractivity contribution in [3.63, 3.8) is 0 Å². The molecule has 1 nitrogen and oxygen atoms in total. The number of rotatable bonds is 0. The SMILES string of the molecule is CSC1=NCc2ccccc21. The molecule has 0 unspecified atom stereocenters. The molecule has 1 aromatic rings. The smallest absolute Gasteiger partial charge is 0.0981 e. The van der Waals surface area contributed by atoms with Gasteiger partial charge in [0.1, 0.15) is 0 Å². The first-order valence-electron chi connectivity index (χ1n) is 3.58. The van der Waals surface area contributed by atoms with Gasteiger partial charge in [-0.1, -0.05) is 24.3 Å². The summed E-state index contributed by atoms with van der Waals surface area (Å²) in [6.45, 7) is 0.867. The van der Waals surface area contributed by atoms with E-state index < -0.39 is 0 Å². The van der Waals surface area contributed by atoms with Crippen LogP contribution in [-0.2, 0) is 6.54 Å². The van der Waals surface area contributed by atoms with E-state index in [1.54, 1.807) is 11.8 Å². The molecular formula is C9H9NS. The molecule has 0 amide bonds. The van der Waals surface area contributed by atoms with Gasteiger partial charge in [-0.3, -0.25) is 4.99 Å². The molecule has 2 rings (SSSR count). The normalized spacial score (nSPS) is 14.5. The monoisotopic (exact) mass is 163 g/mol. The van der Waals surface area contributed by atoms with Crippen molar-refractivity contribution in [2.75, 3.05) is 6.26 Å². The van der Waals surface area contributed by atoms with Crippen molar-refractivity contribution in [2.24, 2.45) is 4.99 Å². The van der Waals surface area contributed by atoms with Crippen LogP contribution >= 0.6 is 11.8 Å². The van der Waals surface area contributed by atoms with Gasteiger partial charge in [0.25, 0.3) is 0 Å². The molecule has 1 heterocycles. The Morgan fingerprint density at radius 1 is 1.36 bits per heavy atom. The molecule has 11 heavy (non-hydrogen) atoms.